The smallest absolute Gasteiger partial charge is 0.151 e. The number of rotatable bonds is 2. The van der Waals surface area contributed by atoms with E-state index in [2.05, 4.69) is 24.0 Å². The van der Waals surface area contributed by atoms with Crippen LogP contribution in [-0.4, -0.2) is 12.0 Å². The number of nitriles is 1. The van der Waals surface area contributed by atoms with Gasteiger partial charge in [-0.1, -0.05) is 18.2 Å². The summed E-state index contributed by atoms with van der Waals surface area (Å²) in [5, 5.41) is 9.34. The van der Waals surface area contributed by atoms with Gasteiger partial charge in [0.1, 0.15) is 6.07 Å². The molecule has 2 rings (SSSR count). The molecule has 19 heavy (non-hydrogen) atoms. The van der Waals surface area contributed by atoms with E-state index in [0.29, 0.717) is 11.4 Å². The molecule has 0 aliphatic rings. The van der Waals surface area contributed by atoms with E-state index in [-0.39, 0.29) is 0 Å². The number of hydrogen-bond donors (Lipinski definition) is 0. The molecule has 1 heterocycles. The van der Waals surface area contributed by atoms with E-state index in [1.165, 1.54) is 0 Å². The third-order valence-electron chi connectivity index (χ3n) is 3.23. The SMILES string of the molecule is Cc1cc(C)c(C#N)c(N(C)c2ccccc2C)n1. The molecule has 0 fully saturated rings. The van der Waals surface area contributed by atoms with Crippen LogP contribution in [0, 0.1) is 32.1 Å². The molecule has 96 valence electrons. The summed E-state index contributed by atoms with van der Waals surface area (Å²) >= 11 is 0. The minimum Gasteiger partial charge on any atom is -0.328 e. The van der Waals surface area contributed by atoms with Gasteiger partial charge in [-0.05, 0) is 44.0 Å². The molecule has 0 saturated carbocycles. The van der Waals surface area contributed by atoms with Gasteiger partial charge in [-0.3, -0.25) is 0 Å². The summed E-state index contributed by atoms with van der Waals surface area (Å²) in [5.74, 6) is 0.717. The second-order valence-corrected chi connectivity index (χ2v) is 4.74. The summed E-state index contributed by atoms with van der Waals surface area (Å²) in [4.78, 5) is 6.51. The first-order valence-electron chi connectivity index (χ1n) is 6.22. The normalized spacial score (nSPS) is 10.1. The average molecular weight is 251 g/mol. The lowest BCUT2D eigenvalue weighted by Gasteiger charge is -2.22. The van der Waals surface area contributed by atoms with Gasteiger partial charge in [0, 0.05) is 18.4 Å². The first-order chi connectivity index (χ1) is 9.04. The Labute approximate surface area is 114 Å². The summed E-state index contributed by atoms with van der Waals surface area (Å²) in [6.45, 7) is 5.95. The summed E-state index contributed by atoms with van der Waals surface area (Å²) in [7, 11) is 1.95. The predicted octanol–water partition coefficient (Wildman–Crippen LogP) is 3.65. The van der Waals surface area contributed by atoms with Crippen LogP contribution in [0.2, 0.25) is 0 Å². The topological polar surface area (TPSA) is 39.9 Å². The molecule has 3 nitrogen and oxygen atoms in total. The quantitative estimate of drug-likeness (QED) is 0.818. The molecule has 0 unspecified atom stereocenters. The Morgan fingerprint density at radius 3 is 2.42 bits per heavy atom. The third kappa shape index (κ3) is 2.43. The maximum Gasteiger partial charge on any atom is 0.151 e. The zero-order chi connectivity index (χ0) is 14.0. The Kier molecular flexibility index (Phi) is 3.52. The fourth-order valence-corrected chi connectivity index (χ4v) is 2.25. The van der Waals surface area contributed by atoms with Crippen molar-refractivity contribution < 1.29 is 0 Å². The molecule has 0 atom stereocenters. The molecule has 0 aliphatic carbocycles. The van der Waals surface area contributed by atoms with Gasteiger partial charge in [-0.2, -0.15) is 5.26 Å². The maximum atomic E-state index is 9.34. The van der Waals surface area contributed by atoms with Crippen LogP contribution in [0.15, 0.2) is 30.3 Å². The number of nitrogens with zero attached hydrogens (tertiary/aromatic N) is 3. The summed E-state index contributed by atoms with van der Waals surface area (Å²) < 4.78 is 0. The van der Waals surface area contributed by atoms with Crippen LogP contribution in [0.1, 0.15) is 22.4 Å². The molecule has 0 radical (unpaired) electrons. The van der Waals surface area contributed by atoms with Crippen molar-refractivity contribution in [3.63, 3.8) is 0 Å². The van der Waals surface area contributed by atoms with Gasteiger partial charge in [-0.25, -0.2) is 4.98 Å². The van der Waals surface area contributed by atoms with Crippen LogP contribution in [0.5, 0.6) is 0 Å². The van der Waals surface area contributed by atoms with Crippen LogP contribution in [0.4, 0.5) is 11.5 Å². The van der Waals surface area contributed by atoms with Crippen LogP contribution >= 0.6 is 0 Å². The molecular formula is C16H17N3. The summed E-state index contributed by atoms with van der Waals surface area (Å²) in [6, 6.07) is 12.3. The monoisotopic (exact) mass is 251 g/mol. The highest BCUT2D eigenvalue weighted by molar-refractivity contribution is 5.69. The zero-order valence-electron chi connectivity index (χ0n) is 11.7. The van der Waals surface area contributed by atoms with Crippen LogP contribution in [0.3, 0.4) is 0 Å². The standard InChI is InChI=1S/C16H17N3/c1-11-7-5-6-8-15(11)19(4)16-14(10-17)12(2)9-13(3)18-16/h5-9H,1-4H3. The molecule has 0 amide bonds. The van der Waals surface area contributed by atoms with Gasteiger partial charge in [0.15, 0.2) is 5.82 Å². The van der Waals surface area contributed by atoms with Crippen molar-refractivity contribution in [3.05, 3.63) is 52.7 Å². The minimum absolute atomic E-state index is 0.636. The van der Waals surface area contributed by atoms with Gasteiger partial charge in [0.25, 0.3) is 0 Å². The molecule has 0 N–H and O–H groups in total. The van der Waals surface area contributed by atoms with Crippen LogP contribution in [0.25, 0.3) is 0 Å². The predicted molar refractivity (Wildman–Crippen MR) is 77.7 cm³/mol. The Hall–Kier alpha value is -2.34. The van der Waals surface area contributed by atoms with Crippen LogP contribution < -0.4 is 4.90 Å². The second-order valence-electron chi connectivity index (χ2n) is 4.74. The first kappa shape index (κ1) is 13.1. The Balaban J connectivity index is 2.60. The van der Waals surface area contributed by atoms with E-state index >= 15 is 0 Å². The molecule has 3 heteroatoms. The zero-order valence-corrected chi connectivity index (χ0v) is 11.7. The lowest BCUT2D eigenvalue weighted by molar-refractivity contribution is 1.06. The number of para-hydroxylation sites is 1. The maximum absolute atomic E-state index is 9.34. The lowest BCUT2D eigenvalue weighted by Crippen LogP contribution is -2.15. The molecule has 0 spiro atoms. The Bertz CT molecular complexity index is 654. The van der Waals surface area contributed by atoms with Gasteiger partial charge in [-0.15, -0.1) is 0 Å². The molecule has 1 aromatic carbocycles. The molecule has 0 bridgehead atoms. The van der Waals surface area contributed by atoms with E-state index in [1.807, 2.05) is 50.1 Å². The second kappa shape index (κ2) is 5.11. The van der Waals surface area contributed by atoms with Crippen LogP contribution in [-0.2, 0) is 0 Å². The molecule has 1 aromatic heterocycles. The number of pyridine rings is 1. The van der Waals surface area contributed by atoms with E-state index in [0.717, 1.165) is 22.5 Å². The summed E-state index contributed by atoms with van der Waals surface area (Å²) in [6.07, 6.45) is 0. The molecule has 2 aromatic rings. The van der Waals surface area contributed by atoms with E-state index in [4.69, 9.17) is 0 Å². The number of hydrogen-bond acceptors (Lipinski definition) is 3. The van der Waals surface area contributed by atoms with Crippen molar-refractivity contribution in [2.45, 2.75) is 20.8 Å². The largest absolute Gasteiger partial charge is 0.328 e. The van der Waals surface area contributed by atoms with Gasteiger partial charge in [0.2, 0.25) is 0 Å². The van der Waals surface area contributed by atoms with E-state index < -0.39 is 0 Å². The van der Waals surface area contributed by atoms with Crippen molar-refractivity contribution in [1.82, 2.24) is 4.98 Å². The number of benzene rings is 1. The molecule has 0 saturated heterocycles. The number of aromatic nitrogens is 1. The average Bonchev–Trinajstić information content (AvgIpc) is 2.37. The van der Waals surface area contributed by atoms with E-state index in [1.54, 1.807) is 0 Å². The number of aryl methyl sites for hydroxylation is 3. The highest BCUT2D eigenvalue weighted by atomic mass is 15.2. The highest BCUT2D eigenvalue weighted by Crippen LogP contribution is 2.29. The fourth-order valence-electron chi connectivity index (χ4n) is 2.25. The third-order valence-corrected chi connectivity index (χ3v) is 3.23. The van der Waals surface area contributed by atoms with Gasteiger partial charge >= 0.3 is 0 Å². The highest BCUT2D eigenvalue weighted by Gasteiger charge is 2.15. The number of anilines is 2. The van der Waals surface area contributed by atoms with E-state index in [9.17, 15) is 5.26 Å². The van der Waals surface area contributed by atoms with Crippen molar-refractivity contribution in [3.8, 4) is 6.07 Å². The first-order valence-corrected chi connectivity index (χ1v) is 6.22. The van der Waals surface area contributed by atoms with Gasteiger partial charge < -0.3 is 4.90 Å². The fraction of sp³-hybridized carbons (Fsp3) is 0.250. The molecular weight excluding hydrogens is 234 g/mol. The van der Waals surface area contributed by atoms with Crippen molar-refractivity contribution >= 4 is 11.5 Å². The lowest BCUT2D eigenvalue weighted by atomic mass is 10.1. The van der Waals surface area contributed by atoms with Gasteiger partial charge in [0.05, 0.1) is 5.56 Å². The Morgan fingerprint density at radius 1 is 1.11 bits per heavy atom. The summed E-state index contributed by atoms with van der Waals surface area (Å²) in [5.41, 5.74) is 4.75. The van der Waals surface area contributed by atoms with Crippen molar-refractivity contribution in [2.75, 3.05) is 11.9 Å². The van der Waals surface area contributed by atoms with Crippen molar-refractivity contribution in [1.29, 1.82) is 5.26 Å². The molecule has 0 aliphatic heterocycles. The minimum atomic E-state index is 0.636. The van der Waals surface area contributed by atoms with Crippen molar-refractivity contribution in [2.24, 2.45) is 0 Å². The Morgan fingerprint density at radius 2 is 1.79 bits per heavy atom.